The van der Waals surface area contributed by atoms with Gasteiger partial charge in [-0.1, -0.05) is 18.5 Å². The Hall–Kier alpha value is -1.30. The Morgan fingerprint density at radius 1 is 1.45 bits per heavy atom. The summed E-state index contributed by atoms with van der Waals surface area (Å²) in [6, 6.07) is 4.46. The molecule has 0 aliphatic heterocycles. The van der Waals surface area contributed by atoms with Crippen molar-refractivity contribution in [3.63, 3.8) is 0 Å². The number of hydrogen-bond acceptors (Lipinski definition) is 4. The van der Waals surface area contributed by atoms with Gasteiger partial charge in [-0.3, -0.25) is 4.79 Å². The van der Waals surface area contributed by atoms with Gasteiger partial charge in [-0.05, 0) is 31.0 Å². The van der Waals surface area contributed by atoms with Crippen LogP contribution in [0.1, 0.15) is 19.8 Å². The minimum absolute atomic E-state index is 0.286. The summed E-state index contributed by atoms with van der Waals surface area (Å²) in [5, 5.41) is 3.26. The molecule has 0 bridgehead atoms. The molecule has 1 amide bonds. The van der Waals surface area contributed by atoms with E-state index >= 15 is 0 Å². The molecule has 0 spiro atoms. The summed E-state index contributed by atoms with van der Waals surface area (Å²) in [6.45, 7) is 3.01. The molecule has 1 aromatic rings. The zero-order valence-electron chi connectivity index (χ0n) is 11.8. The Labute approximate surface area is 124 Å². The standard InChI is InChI=1S/C14H21ClN2O3/c1-3-7-20-13-5-4-10(15)9-12(13)17-14(18)11(16)6-8-19-2/h4-5,9,11H,3,6-8,16H2,1-2H3,(H,17,18). The van der Waals surface area contributed by atoms with Crippen molar-refractivity contribution in [2.75, 3.05) is 25.6 Å². The maximum Gasteiger partial charge on any atom is 0.241 e. The van der Waals surface area contributed by atoms with Crippen molar-refractivity contribution < 1.29 is 14.3 Å². The summed E-state index contributed by atoms with van der Waals surface area (Å²) < 4.78 is 10.5. The van der Waals surface area contributed by atoms with Crippen LogP contribution in [0.5, 0.6) is 5.75 Å². The SMILES string of the molecule is CCCOc1ccc(Cl)cc1NC(=O)C(N)CCOC. The van der Waals surface area contributed by atoms with Crippen molar-refractivity contribution in [2.45, 2.75) is 25.8 Å². The van der Waals surface area contributed by atoms with Gasteiger partial charge in [0, 0.05) is 18.7 Å². The maximum absolute atomic E-state index is 12.0. The number of halogens is 1. The Morgan fingerprint density at radius 2 is 2.20 bits per heavy atom. The van der Waals surface area contributed by atoms with Crippen LogP contribution in [0.2, 0.25) is 5.02 Å². The molecule has 0 aliphatic carbocycles. The lowest BCUT2D eigenvalue weighted by atomic mass is 10.2. The number of carbonyl (C=O) groups is 1. The van der Waals surface area contributed by atoms with Crippen LogP contribution in [-0.2, 0) is 9.53 Å². The fraction of sp³-hybridized carbons (Fsp3) is 0.500. The largest absolute Gasteiger partial charge is 0.491 e. The molecule has 20 heavy (non-hydrogen) atoms. The topological polar surface area (TPSA) is 73.6 Å². The summed E-state index contributed by atoms with van der Waals surface area (Å²) in [7, 11) is 1.57. The number of nitrogens with two attached hydrogens (primary N) is 1. The first-order chi connectivity index (χ1) is 9.58. The van der Waals surface area contributed by atoms with Gasteiger partial charge >= 0.3 is 0 Å². The maximum atomic E-state index is 12.0. The first kappa shape index (κ1) is 16.8. The zero-order chi connectivity index (χ0) is 15.0. The summed E-state index contributed by atoms with van der Waals surface area (Å²) in [4.78, 5) is 12.0. The number of carbonyl (C=O) groups excluding carboxylic acids is 1. The van der Waals surface area contributed by atoms with Crippen LogP contribution in [0.3, 0.4) is 0 Å². The highest BCUT2D eigenvalue weighted by Crippen LogP contribution is 2.28. The molecule has 1 atom stereocenters. The van der Waals surface area contributed by atoms with Crippen molar-refractivity contribution in [1.29, 1.82) is 0 Å². The number of ether oxygens (including phenoxy) is 2. The van der Waals surface area contributed by atoms with E-state index in [1.165, 1.54) is 0 Å². The monoisotopic (exact) mass is 300 g/mol. The van der Waals surface area contributed by atoms with Gasteiger partial charge in [-0.2, -0.15) is 0 Å². The van der Waals surface area contributed by atoms with Gasteiger partial charge in [0.05, 0.1) is 18.3 Å². The van der Waals surface area contributed by atoms with Crippen molar-refractivity contribution in [1.82, 2.24) is 0 Å². The third kappa shape index (κ3) is 5.36. The molecule has 0 saturated heterocycles. The smallest absolute Gasteiger partial charge is 0.241 e. The molecular formula is C14H21ClN2O3. The Morgan fingerprint density at radius 3 is 2.85 bits per heavy atom. The molecule has 0 aromatic heterocycles. The molecule has 6 heteroatoms. The number of amides is 1. The first-order valence-corrected chi connectivity index (χ1v) is 6.94. The predicted octanol–water partition coefficient (Wildman–Crippen LogP) is 2.43. The number of anilines is 1. The van der Waals surface area contributed by atoms with E-state index in [0.717, 1.165) is 6.42 Å². The minimum atomic E-state index is -0.632. The molecular weight excluding hydrogens is 280 g/mol. The number of nitrogens with one attached hydrogen (secondary N) is 1. The van der Waals surface area contributed by atoms with E-state index in [4.69, 9.17) is 26.8 Å². The van der Waals surface area contributed by atoms with Gasteiger partial charge in [-0.15, -0.1) is 0 Å². The normalized spacial score (nSPS) is 12.0. The van der Waals surface area contributed by atoms with E-state index in [1.54, 1.807) is 25.3 Å². The van der Waals surface area contributed by atoms with E-state index in [1.807, 2.05) is 6.92 Å². The second kappa shape index (κ2) is 8.79. The third-order valence-corrected chi connectivity index (χ3v) is 2.87. The van der Waals surface area contributed by atoms with Crippen molar-refractivity contribution in [2.24, 2.45) is 5.73 Å². The second-order valence-electron chi connectivity index (χ2n) is 4.37. The Kier molecular flexibility index (Phi) is 7.36. The lowest BCUT2D eigenvalue weighted by Gasteiger charge is -2.15. The van der Waals surface area contributed by atoms with Crippen molar-refractivity contribution in [3.05, 3.63) is 23.2 Å². The molecule has 0 heterocycles. The summed E-state index contributed by atoms with van der Waals surface area (Å²) in [5.41, 5.74) is 6.30. The van der Waals surface area contributed by atoms with Crippen LogP contribution in [0.4, 0.5) is 5.69 Å². The Balaban J connectivity index is 2.73. The van der Waals surface area contributed by atoms with Crippen molar-refractivity contribution >= 4 is 23.2 Å². The molecule has 1 unspecified atom stereocenters. The highest BCUT2D eigenvalue weighted by atomic mass is 35.5. The predicted molar refractivity (Wildman–Crippen MR) is 80.3 cm³/mol. The van der Waals surface area contributed by atoms with E-state index in [0.29, 0.717) is 36.1 Å². The van der Waals surface area contributed by atoms with E-state index in [9.17, 15) is 4.79 Å². The molecule has 0 saturated carbocycles. The van der Waals surface area contributed by atoms with Crippen LogP contribution in [0, 0.1) is 0 Å². The molecule has 5 nitrogen and oxygen atoms in total. The minimum Gasteiger partial charge on any atom is -0.491 e. The van der Waals surface area contributed by atoms with Crippen LogP contribution >= 0.6 is 11.6 Å². The van der Waals surface area contributed by atoms with Crippen LogP contribution in [0.15, 0.2) is 18.2 Å². The molecule has 0 fully saturated rings. The average molecular weight is 301 g/mol. The first-order valence-electron chi connectivity index (χ1n) is 6.56. The molecule has 112 valence electrons. The molecule has 1 aromatic carbocycles. The van der Waals surface area contributed by atoms with Gasteiger partial charge in [0.15, 0.2) is 0 Å². The van der Waals surface area contributed by atoms with Crippen LogP contribution in [-0.4, -0.2) is 32.3 Å². The number of rotatable bonds is 8. The second-order valence-corrected chi connectivity index (χ2v) is 4.80. The van der Waals surface area contributed by atoms with Crippen LogP contribution < -0.4 is 15.8 Å². The highest BCUT2D eigenvalue weighted by molar-refractivity contribution is 6.31. The van der Waals surface area contributed by atoms with Gasteiger partial charge in [0.2, 0.25) is 5.91 Å². The Bertz CT molecular complexity index is 440. The third-order valence-electron chi connectivity index (χ3n) is 2.63. The molecule has 3 N–H and O–H groups in total. The fourth-order valence-electron chi connectivity index (χ4n) is 1.54. The van der Waals surface area contributed by atoms with E-state index in [-0.39, 0.29) is 5.91 Å². The number of benzene rings is 1. The zero-order valence-corrected chi connectivity index (χ0v) is 12.6. The van der Waals surface area contributed by atoms with E-state index in [2.05, 4.69) is 5.32 Å². The summed E-state index contributed by atoms with van der Waals surface area (Å²) in [5.74, 6) is 0.300. The quantitative estimate of drug-likeness (QED) is 0.773. The lowest BCUT2D eigenvalue weighted by molar-refractivity contribution is -0.117. The molecule has 0 aliphatic rings. The summed E-state index contributed by atoms with van der Waals surface area (Å²) >= 11 is 5.94. The van der Waals surface area contributed by atoms with Gasteiger partial charge < -0.3 is 20.5 Å². The lowest BCUT2D eigenvalue weighted by Crippen LogP contribution is -2.36. The van der Waals surface area contributed by atoms with Gasteiger partial charge in [-0.25, -0.2) is 0 Å². The molecule has 0 radical (unpaired) electrons. The van der Waals surface area contributed by atoms with Gasteiger partial charge in [0.1, 0.15) is 5.75 Å². The van der Waals surface area contributed by atoms with E-state index < -0.39 is 6.04 Å². The number of hydrogen-bond donors (Lipinski definition) is 2. The fourth-order valence-corrected chi connectivity index (χ4v) is 1.71. The highest BCUT2D eigenvalue weighted by Gasteiger charge is 2.15. The van der Waals surface area contributed by atoms with Gasteiger partial charge in [0.25, 0.3) is 0 Å². The average Bonchev–Trinajstić information content (AvgIpc) is 2.43. The van der Waals surface area contributed by atoms with Crippen molar-refractivity contribution in [3.8, 4) is 5.75 Å². The number of methoxy groups -OCH3 is 1. The summed E-state index contributed by atoms with van der Waals surface area (Å²) in [6.07, 6.45) is 1.33. The van der Waals surface area contributed by atoms with Crippen LogP contribution in [0.25, 0.3) is 0 Å². The molecule has 1 rings (SSSR count).